The standard InChI is InChI=1S/C18H19N5O2/c1-10-9-19-18(16-11(2)23-25-12(16)3)22-17(10)21-15-7-5-14(6-8-15)20-13(4)24/h5-9H,1-4H3,(H,20,24)(H,19,21,22). The maximum atomic E-state index is 11.1. The highest BCUT2D eigenvalue weighted by Crippen LogP contribution is 2.27. The van der Waals surface area contributed by atoms with Crippen molar-refractivity contribution in [2.75, 3.05) is 10.6 Å². The highest BCUT2D eigenvalue weighted by atomic mass is 16.5. The Morgan fingerprint density at radius 2 is 1.76 bits per heavy atom. The van der Waals surface area contributed by atoms with Crippen molar-refractivity contribution in [1.29, 1.82) is 0 Å². The first-order chi connectivity index (χ1) is 11.9. The Morgan fingerprint density at radius 1 is 1.08 bits per heavy atom. The van der Waals surface area contributed by atoms with Gasteiger partial charge in [0.15, 0.2) is 5.82 Å². The molecule has 128 valence electrons. The molecule has 7 nitrogen and oxygen atoms in total. The number of amides is 1. The molecule has 7 heteroatoms. The summed E-state index contributed by atoms with van der Waals surface area (Å²) < 4.78 is 5.20. The molecule has 0 spiro atoms. The van der Waals surface area contributed by atoms with Gasteiger partial charge in [-0.15, -0.1) is 0 Å². The van der Waals surface area contributed by atoms with Crippen molar-refractivity contribution in [1.82, 2.24) is 15.1 Å². The van der Waals surface area contributed by atoms with Gasteiger partial charge in [-0.2, -0.15) is 0 Å². The Kier molecular flexibility index (Phi) is 4.47. The summed E-state index contributed by atoms with van der Waals surface area (Å²) in [6, 6.07) is 7.41. The van der Waals surface area contributed by atoms with E-state index >= 15 is 0 Å². The number of rotatable bonds is 4. The number of carbonyl (C=O) groups is 1. The van der Waals surface area contributed by atoms with Crippen molar-refractivity contribution >= 4 is 23.1 Å². The summed E-state index contributed by atoms with van der Waals surface area (Å²) in [5, 5.41) is 9.97. The highest BCUT2D eigenvalue weighted by Gasteiger charge is 2.15. The van der Waals surface area contributed by atoms with Gasteiger partial charge >= 0.3 is 0 Å². The number of nitrogens with one attached hydrogen (secondary N) is 2. The van der Waals surface area contributed by atoms with Crippen LogP contribution in [0.3, 0.4) is 0 Å². The van der Waals surface area contributed by atoms with Gasteiger partial charge in [0.25, 0.3) is 0 Å². The van der Waals surface area contributed by atoms with E-state index in [9.17, 15) is 4.79 Å². The monoisotopic (exact) mass is 337 g/mol. The summed E-state index contributed by atoms with van der Waals surface area (Å²) in [6.45, 7) is 7.12. The van der Waals surface area contributed by atoms with Crippen LogP contribution in [0.4, 0.5) is 17.2 Å². The summed E-state index contributed by atoms with van der Waals surface area (Å²) in [5.74, 6) is 1.86. The third-order valence-corrected chi connectivity index (χ3v) is 3.70. The summed E-state index contributed by atoms with van der Waals surface area (Å²) in [7, 11) is 0. The zero-order valence-electron chi connectivity index (χ0n) is 14.5. The number of benzene rings is 1. The van der Waals surface area contributed by atoms with E-state index in [1.54, 1.807) is 6.20 Å². The first-order valence-corrected chi connectivity index (χ1v) is 7.85. The van der Waals surface area contributed by atoms with Crippen LogP contribution < -0.4 is 10.6 Å². The van der Waals surface area contributed by atoms with Crippen molar-refractivity contribution in [3.8, 4) is 11.4 Å². The fraction of sp³-hybridized carbons (Fsp3) is 0.222. The van der Waals surface area contributed by atoms with E-state index in [1.807, 2.05) is 45.0 Å². The van der Waals surface area contributed by atoms with Crippen LogP contribution in [0.2, 0.25) is 0 Å². The van der Waals surface area contributed by atoms with Gasteiger partial charge in [0.05, 0.1) is 11.3 Å². The predicted octanol–water partition coefficient (Wildman–Crippen LogP) is 3.76. The molecule has 0 aliphatic carbocycles. The lowest BCUT2D eigenvalue weighted by atomic mass is 10.2. The van der Waals surface area contributed by atoms with Crippen LogP contribution in [-0.4, -0.2) is 21.0 Å². The van der Waals surface area contributed by atoms with Crippen molar-refractivity contribution in [3.63, 3.8) is 0 Å². The van der Waals surface area contributed by atoms with Gasteiger partial charge in [0.1, 0.15) is 11.6 Å². The molecule has 0 unspecified atom stereocenters. The van der Waals surface area contributed by atoms with Gasteiger partial charge in [-0.25, -0.2) is 9.97 Å². The second kappa shape index (κ2) is 6.72. The molecular weight excluding hydrogens is 318 g/mol. The van der Waals surface area contributed by atoms with Gasteiger partial charge in [-0.05, 0) is 45.0 Å². The lowest BCUT2D eigenvalue weighted by molar-refractivity contribution is -0.114. The van der Waals surface area contributed by atoms with Gasteiger partial charge in [-0.3, -0.25) is 4.79 Å². The molecule has 0 saturated heterocycles. The highest BCUT2D eigenvalue weighted by molar-refractivity contribution is 5.88. The molecule has 3 rings (SSSR count). The van der Waals surface area contributed by atoms with E-state index < -0.39 is 0 Å². The van der Waals surface area contributed by atoms with Crippen molar-refractivity contribution in [3.05, 3.63) is 47.5 Å². The van der Waals surface area contributed by atoms with Gasteiger partial charge < -0.3 is 15.2 Å². The summed E-state index contributed by atoms with van der Waals surface area (Å²) >= 11 is 0. The normalized spacial score (nSPS) is 10.6. The number of hydrogen-bond donors (Lipinski definition) is 2. The number of anilines is 3. The Bertz CT molecular complexity index is 896. The quantitative estimate of drug-likeness (QED) is 0.753. The fourth-order valence-corrected chi connectivity index (χ4v) is 2.47. The minimum atomic E-state index is -0.101. The zero-order valence-corrected chi connectivity index (χ0v) is 14.5. The second-order valence-corrected chi connectivity index (χ2v) is 5.81. The molecule has 3 aromatic rings. The van der Waals surface area contributed by atoms with Crippen LogP contribution in [0.1, 0.15) is 23.9 Å². The summed E-state index contributed by atoms with van der Waals surface area (Å²) in [5.41, 5.74) is 4.09. The van der Waals surface area contributed by atoms with Crippen molar-refractivity contribution < 1.29 is 9.32 Å². The van der Waals surface area contributed by atoms with Crippen LogP contribution in [0.15, 0.2) is 35.0 Å². The Labute approximate surface area is 145 Å². The first-order valence-electron chi connectivity index (χ1n) is 7.85. The number of aryl methyl sites for hydroxylation is 3. The van der Waals surface area contributed by atoms with E-state index in [1.165, 1.54) is 6.92 Å². The average Bonchev–Trinajstić information content (AvgIpc) is 2.90. The molecule has 2 N–H and O–H groups in total. The fourth-order valence-electron chi connectivity index (χ4n) is 2.47. The maximum Gasteiger partial charge on any atom is 0.221 e. The van der Waals surface area contributed by atoms with Gasteiger partial charge in [0.2, 0.25) is 5.91 Å². The molecular formula is C18H19N5O2. The van der Waals surface area contributed by atoms with E-state index in [-0.39, 0.29) is 5.91 Å². The van der Waals surface area contributed by atoms with Gasteiger partial charge in [0, 0.05) is 30.1 Å². The Balaban J connectivity index is 1.87. The predicted molar refractivity (Wildman–Crippen MR) is 95.8 cm³/mol. The molecule has 0 aliphatic rings. The molecule has 25 heavy (non-hydrogen) atoms. The van der Waals surface area contributed by atoms with Crippen molar-refractivity contribution in [2.45, 2.75) is 27.7 Å². The topological polar surface area (TPSA) is 92.9 Å². The minimum Gasteiger partial charge on any atom is -0.361 e. The van der Waals surface area contributed by atoms with Gasteiger partial charge in [-0.1, -0.05) is 5.16 Å². The van der Waals surface area contributed by atoms with Crippen LogP contribution in [0.5, 0.6) is 0 Å². The molecule has 0 atom stereocenters. The second-order valence-electron chi connectivity index (χ2n) is 5.81. The summed E-state index contributed by atoms with van der Waals surface area (Å²) in [4.78, 5) is 20.1. The molecule has 0 fully saturated rings. The van der Waals surface area contributed by atoms with Crippen LogP contribution in [-0.2, 0) is 4.79 Å². The van der Waals surface area contributed by atoms with E-state index in [2.05, 4.69) is 25.8 Å². The Hall–Kier alpha value is -3.22. The lowest BCUT2D eigenvalue weighted by Crippen LogP contribution is -2.05. The molecule has 0 aliphatic heterocycles. The smallest absolute Gasteiger partial charge is 0.221 e. The zero-order chi connectivity index (χ0) is 18.0. The largest absolute Gasteiger partial charge is 0.361 e. The summed E-state index contributed by atoms with van der Waals surface area (Å²) in [6.07, 6.45) is 1.77. The molecule has 1 aromatic carbocycles. The van der Waals surface area contributed by atoms with E-state index in [0.29, 0.717) is 17.4 Å². The molecule has 1 amide bonds. The van der Waals surface area contributed by atoms with E-state index in [4.69, 9.17) is 4.52 Å². The molecule has 0 bridgehead atoms. The number of carbonyl (C=O) groups excluding carboxylic acids is 1. The third-order valence-electron chi connectivity index (χ3n) is 3.70. The number of aromatic nitrogens is 3. The molecule has 0 saturated carbocycles. The molecule has 0 radical (unpaired) electrons. The Morgan fingerprint density at radius 3 is 2.36 bits per heavy atom. The molecule has 2 aromatic heterocycles. The third kappa shape index (κ3) is 3.65. The van der Waals surface area contributed by atoms with Crippen LogP contribution >= 0.6 is 0 Å². The number of hydrogen-bond acceptors (Lipinski definition) is 6. The number of nitrogens with zero attached hydrogens (tertiary/aromatic N) is 3. The lowest BCUT2D eigenvalue weighted by Gasteiger charge is -2.11. The van der Waals surface area contributed by atoms with E-state index in [0.717, 1.165) is 28.2 Å². The maximum absolute atomic E-state index is 11.1. The SMILES string of the molecule is CC(=O)Nc1ccc(Nc2nc(-c3c(C)noc3C)ncc2C)cc1. The average molecular weight is 337 g/mol. The van der Waals surface area contributed by atoms with Crippen molar-refractivity contribution in [2.24, 2.45) is 0 Å². The first kappa shape index (κ1) is 16.6. The minimum absolute atomic E-state index is 0.101. The molecule has 2 heterocycles. The van der Waals surface area contributed by atoms with Crippen LogP contribution in [0.25, 0.3) is 11.4 Å². The van der Waals surface area contributed by atoms with Crippen LogP contribution in [0, 0.1) is 20.8 Å².